The Labute approximate surface area is 117 Å². The normalized spacial score (nSPS) is 10.9. The van der Waals surface area contributed by atoms with Gasteiger partial charge in [-0.15, -0.1) is 0 Å². The van der Waals surface area contributed by atoms with Gasteiger partial charge in [-0.05, 0) is 25.8 Å². The van der Waals surface area contributed by atoms with Gasteiger partial charge in [-0.2, -0.15) is 0 Å². The van der Waals surface area contributed by atoms with Crippen molar-refractivity contribution >= 4 is 11.7 Å². The second-order valence-electron chi connectivity index (χ2n) is 2.82. The summed E-state index contributed by atoms with van der Waals surface area (Å²) >= 11 is 0. The van der Waals surface area contributed by atoms with E-state index >= 15 is 0 Å². The van der Waals surface area contributed by atoms with Gasteiger partial charge < -0.3 is 10.7 Å². The molecule has 0 spiro atoms. The maximum absolute atomic E-state index is 7.25. The fourth-order valence-corrected chi connectivity index (χ4v) is 0.988. The zero-order valence-corrected chi connectivity index (χ0v) is 12.4. The fraction of sp³-hybridized carbons (Fsp3) is 0.444. The molecule has 73 valence electrons. The number of hydrogen-bond donors (Lipinski definition) is 0. The molecule has 1 N–H and O–H groups in total. The Morgan fingerprint density at radius 2 is 2.21 bits per heavy atom. The fourth-order valence-electron chi connectivity index (χ4n) is 0.988. The van der Waals surface area contributed by atoms with E-state index in [1.807, 2.05) is 13.8 Å². The van der Waals surface area contributed by atoms with Gasteiger partial charge in [0, 0.05) is 47.5 Å². The van der Waals surface area contributed by atoms with Crippen LogP contribution in [0.3, 0.4) is 0 Å². The maximum atomic E-state index is 7.25. The van der Waals surface area contributed by atoms with Gasteiger partial charge in [-0.3, -0.25) is 0 Å². The first-order valence-corrected chi connectivity index (χ1v) is 4.23. The third kappa shape index (κ3) is 3.97. The molecule has 0 aliphatic heterocycles. The molecule has 0 bridgehead atoms. The summed E-state index contributed by atoms with van der Waals surface area (Å²) in [7, 11) is 0. The molecule has 0 fully saturated rings. The number of aryl methyl sites for hydroxylation is 2. The maximum Gasteiger partial charge on any atom is 0.125 e. The minimum absolute atomic E-state index is 0. The van der Waals surface area contributed by atoms with Gasteiger partial charge in [0.15, 0.2) is 0 Å². The molecule has 0 aliphatic carbocycles. The van der Waals surface area contributed by atoms with E-state index in [1.165, 1.54) is 0 Å². The van der Waals surface area contributed by atoms with Crippen molar-refractivity contribution < 1.29 is 41.3 Å². The molecule has 0 saturated carbocycles. The molecule has 0 aromatic carbocycles. The van der Waals surface area contributed by atoms with E-state index in [4.69, 9.17) is 5.73 Å². The van der Waals surface area contributed by atoms with Crippen LogP contribution in [-0.2, 0) is 6.42 Å². The molecule has 1 aromatic rings. The summed E-state index contributed by atoms with van der Waals surface area (Å²) in [4.78, 5) is 12.3. The van der Waals surface area contributed by atoms with Gasteiger partial charge >= 0.3 is 0 Å². The van der Waals surface area contributed by atoms with Crippen LogP contribution in [0.4, 0.5) is 5.82 Å². The number of hydrogen-bond acceptors (Lipinski definition) is 3. The molecule has 1 radical (unpaired) electrons. The first kappa shape index (κ1) is 13.9. The van der Waals surface area contributed by atoms with Gasteiger partial charge in [0.1, 0.15) is 5.82 Å². The number of aliphatic imine (C=N–C) groups is 1. The summed E-state index contributed by atoms with van der Waals surface area (Å²) in [6.45, 7) is 5.47. The molecule has 0 atom stereocenters. The van der Waals surface area contributed by atoms with Crippen molar-refractivity contribution in [2.24, 2.45) is 4.99 Å². The van der Waals surface area contributed by atoms with Gasteiger partial charge in [0.2, 0.25) is 0 Å². The summed E-state index contributed by atoms with van der Waals surface area (Å²) < 4.78 is 0. The quantitative estimate of drug-likeness (QED) is 0.621. The van der Waals surface area contributed by atoms with E-state index in [9.17, 15) is 0 Å². The number of nitrogens with one attached hydrogen (secondary N) is 1. The SMILES string of the molecule is CCc1cnc(C)nc1N=C(C)[NH-].[Pr]. The van der Waals surface area contributed by atoms with Crippen LogP contribution in [0, 0.1) is 48.2 Å². The molecule has 1 aromatic heterocycles. The molecular formula is C9H13N4Pr-. The summed E-state index contributed by atoms with van der Waals surface area (Å²) in [5.41, 5.74) is 8.23. The van der Waals surface area contributed by atoms with Gasteiger partial charge in [-0.1, -0.05) is 12.8 Å². The smallest absolute Gasteiger partial charge is 0.125 e. The Balaban J connectivity index is 0.00000169. The van der Waals surface area contributed by atoms with Gasteiger partial charge in [0.05, 0.1) is 5.82 Å². The van der Waals surface area contributed by atoms with Crippen molar-refractivity contribution in [2.45, 2.75) is 27.2 Å². The van der Waals surface area contributed by atoms with Gasteiger partial charge in [0.25, 0.3) is 0 Å². The second kappa shape index (κ2) is 6.41. The molecule has 0 saturated heterocycles. The molecule has 4 nitrogen and oxygen atoms in total. The van der Waals surface area contributed by atoms with E-state index < -0.39 is 0 Å². The molecule has 0 amide bonds. The standard InChI is InChI=1S/C9H13N4.Pr/c1-4-8-5-11-7(3)13-9(8)12-6(2)10;/h5H,4H2,1-3H3,(H-,10,11,12,13);/q-1;. The van der Waals surface area contributed by atoms with Crippen LogP contribution in [0.2, 0.25) is 0 Å². The van der Waals surface area contributed by atoms with Crippen LogP contribution in [0.1, 0.15) is 25.2 Å². The molecule has 5 heteroatoms. The van der Waals surface area contributed by atoms with Crippen molar-refractivity contribution in [2.75, 3.05) is 0 Å². The monoisotopic (exact) mass is 318 g/mol. The van der Waals surface area contributed by atoms with Crippen molar-refractivity contribution in [1.82, 2.24) is 9.97 Å². The van der Waals surface area contributed by atoms with Gasteiger partial charge in [-0.25, -0.2) is 9.97 Å². The van der Waals surface area contributed by atoms with Crippen LogP contribution in [0.25, 0.3) is 5.73 Å². The van der Waals surface area contributed by atoms with Crippen molar-refractivity contribution in [3.05, 3.63) is 23.3 Å². The Kier molecular flexibility index (Phi) is 6.37. The van der Waals surface area contributed by atoms with E-state index in [1.54, 1.807) is 13.1 Å². The van der Waals surface area contributed by atoms with Crippen molar-refractivity contribution in [3.8, 4) is 0 Å². The zero-order chi connectivity index (χ0) is 9.84. The largest absolute Gasteiger partial charge is 0.486 e. The number of rotatable bonds is 2. The van der Waals surface area contributed by atoms with Crippen LogP contribution < -0.4 is 0 Å². The van der Waals surface area contributed by atoms with Crippen LogP contribution >= 0.6 is 0 Å². The predicted molar refractivity (Wildman–Crippen MR) is 53.2 cm³/mol. The first-order valence-electron chi connectivity index (χ1n) is 4.23. The average molecular weight is 318 g/mol. The summed E-state index contributed by atoms with van der Waals surface area (Å²) in [5, 5.41) is 0. The van der Waals surface area contributed by atoms with Crippen molar-refractivity contribution in [3.63, 3.8) is 0 Å². The molecule has 14 heavy (non-hydrogen) atoms. The average Bonchev–Trinajstić information content (AvgIpc) is 2.03. The third-order valence-corrected chi connectivity index (χ3v) is 1.62. The Bertz CT molecular complexity index is 332. The molecule has 0 aliphatic rings. The minimum atomic E-state index is 0. The summed E-state index contributed by atoms with van der Waals surface area (Å²) in [6.07, 6.45) is 2.61. The Morgan fingerprint density at radius 1 is 1.57 bits per heavy atom. The first-order chi connectivity index (χ1) is 6.13. The van der Waals surface area contributed by atoms with Crippen molar-refractivity contribution in [1.29, 1.82) is 0 Å². The van der Waals surface area contributed by atoms with Crippen LogP contribution in [0.15, 0.2) is 11.2 Å². The predicted octanol–water partition coefficient (Wildman–Crippen LogP) is 2.45. The molecule has 1 rings (SSSR count). The third-order valence-electron chi connectivity index (χ3n) is 1.62. The van der Waals surface area contributed by atoms with E-state index in [-0.39, 0.29) is 47.1 Å². The number of amidine groups is 1. The minimum Gasteiger partial charge on any atom is -0.486 e. The summed E-state index contributed by atoms with van der Waals surface area (Å²) in [6, 6.07) is 0. The molecule has 0 unspecified atom stereocenters. The van der Waals surface area contributed by atoms with Crippen LogP contribution in [0.5, 0.6) is 0 Å². The van der Waals surface area contributed by atoms with E-state index in [0.29, 0.717) is 11.6 Å². The van der Waals surface area contributed by atoms with Crippen LogP contribution in [-0.4, -0.2) is 15.8 Å². The van der Waals surface area contributed by atoms with E-state index in [0.717, 1.165) is 12.0 Å². The molecular weight excluding hydrogens is 305 g/mol. The summed E-state index contributed by atoms with van der Waals surface area (Å²) in [5.74, 6) is 1.59. The Hall–Kier alpha value is -0.0864. The molecule has 1 heterocycles. The number of nitrogens with zero attached hydrogens (tertiary/aromatic N) is 3. The second-order valence-corrected chi connectivity index (χ2v) is 2.82. The topological polar surface area (TPSA) is 61.9 Å². The zero-order valence-electron chi connectivity index (χ0n) is 8.70. The number of aromatic nitrogens is 2. The Morgan fingerprint density at radius 3 is 2.71 bits per heavy atom. The van der Waals surface area contributed by atoms with E-state index in [2.05, 4.69) is 15.0 Å².